The molecule has 0 saturated heterocycles. The van der Waals surface area contributed by atoms with Crippen molar-refractivity contribution in [1.29, 1.82) is 0 Å². The highest BCUT2D eigenvalue weighted by Gasteiger charge is 2.20. The van der Waals surface area contributed by atoms with Crippen LogP contribution in [-0.2, 0) is 0 Å². The van der Waals surface area contributed by atoms with Crippen molar-refractivity contribution in [2.45, 2.75) is 11.8 Å². The zero-order valence-electron chi connectivity index (χ0n) is 7.83. The van der Waals surface area contributed by atoms with E-state index in [1.54, 1.807) is 0 Å². The molecule has 3 N–H and O–H groups in total. The fourth-order valence-electron chi connectivity index (χ4n) is 1.33. The topological polar surface area (TPSA) is 94.0 Å². The predicted molar refractivity (Wildman–Crippen MR) is 57.1 cm³/mol. The number of nitrogens with two attached hydrogens (primary N) is 1. The van der Waals surface area contributed by atoms with E-state index < -0.39 is 5.69 Å². The summed E-state index contributed by atoms with van der Waals surface area (Å²) in [4.78, 5) is 19.6. The molecule has 1 aromatic rings. The molecule has 0 aliphatic carbocycles. The van der Waals surface area contributed by atoms with E-state index in [9.17, 15) is 4.79 Å². The van der Waals surface area contributed by atoms with Gasteiger partial charge in [-0.05, 0) is 6.42 Å². The number of aromatic nitrogens is 3. The van der Waals surface area contributed by atoms with Crippen LogP contribution in [0, 0.1) is 0 Å². The lowest BCUT2D eigenvalue weighted by atomic mass is 10.4. The van der Waals surface area contributed by atoms with Crippen molar-refractivity contribution < 1.29 is 5.11 Å². The number of hydrogen-bond donors (Lipinski definition) is 2. The zero-order valence-corrected chi connectivity index (χ0v) is 8.65. The van der Waals surface area contributed by atoms with E-state index in [1.165, 1.54) is 22.7 Å². The van der Waals surface area contributed by atoms with Crippen LogP contribution in [0.1, 0.15) is 11.8 Å². The Hall–Kier alpha value is -1.34. The molecule has 0 fully saturated rings. The van der Waals surface area contributed by atoms with Gasteiger partial charge < -0.3 is 10.8 Å². The first kappa shape index (κ1) is 10.2. The van der Waals surface area contributed by atoms with Crippen molar-refractivity contribution in [2.75, 3.05) is 12.3 Å². The number of hydrogen-bond acceptors (Lipinski definition) is 6. The maximum Gasteiger partial charge on any atom is 0.353 e. The van der Waals surface area contributed by atoms with E-state index in [4.69, 9.17) is 10.8 Å². The monoisotopic (exact) mass is 226 g/mol. The lowest BCUT2D eigenvalue weighted by Crippen LogP contribution is -2.26. The van der Waals surface area contributed by atoms with Gasteiger partial charge in [0.25, 0.3) is 0 Å². The summed E-state index contributed by atoms with van der Waals surface area (Å²) in [5.41, 5.74) is 4.87. The average Bonchev–Trinajstić information content (AvgIpc) is 2.66. The second-order valence-corrected chi connectivity index (χ2v) is 4.35. The van der Waals surface area contributed by atoms with Crippen LogP contribution in [0.3, 0.4) is 0 Å². The Morgan fingerprint density at radius 3 is 3.13 bits per heavy atom. The molecule has 0 bridgehead atoms. The molecule has 2 heterocycles. The first-order chi connectivity index (χ1) is 7.20. The number of rotatable bonds is 2. The number of nitrogens with zero attached hydrogens (tertiary/aromatic N) is 3. The maximum atomic E-state index is 11.5. The molecule has 1 aromatic heterocycles. The Morgan fingerprint density at radius 1 is 1.73 bits per heavy atom. The highest BCUT2D eigenvalue weighted by Crippen LogP contribution is 2.38. The Labute approximate surface area is 89.8 Å². The predicted octanol–water partition coefficient (Wildman–Crippen LogP) is -0.268. The molecular weight excluding hydrogens is 216 g/mol. The molecule has 1 atom stereocenters. The molecule has 0 aromatic carbocycles. The lowest BCUT2D eigenvalue weighted by molar-refractivity contribution is 0.339. The zero-order chi connectivity index (χ0) is 10.8. The third-order valence-electron chi connectivity index (χ3n) is 2.05. The number of allylic oxidation sites excluding steroid dienone is 1. The van der Waals surface area contributed by atoms with Crippen molar-refractivity contribution in [3.63, 3.8) is 0 Å². The summed E-state index contributed by atoms with van der Waals surface area (Å²) in [5, 5.41) is 8.85. The fraction of sp³-hybridized carbons (Fsp3) is 0.375. The van der Waals surface area contributed by atoms with Gasteiger partial charge in [0.1, 0.15) is 6.33 Å². The van der Waals surface area contributed by atoms with Crippen molar-refractivity contribution in [1.82, 2.24) is 14.5 Å². The Balaban J connectivity index is 2.22. The molecule has 0 unspecified atom stereocenters. The Morgan fingerprint density at radius 2 is 2.53 bits per heavy atom. The molecule has 6 nitrogen and oxygen atoms in total. The van der Waals surface area contributed by atoms with Crippen LogP contribution in [-0.4, -0.2) is 26.2 Å². The van der Waals surface area contributed by atoms with Crippen LogP contribution in [0.5, 0.6) is 0 Å². The van der Waals surface area contributed by atoms with E-state index in [1.807, 2.05) is 6.08 Å². The van der Waals surface area contributed by atoms with E-state index >= 15 is 0 Å². The molecule has 0 spiro atoms. The Kier molecular flexibility index (Phi) is 2.74. The second kappa shape index (κ2) is 4.03. The van der Waals surface area contributed by atoms with Crippen LogP contribution in [0.2, 0.25) is 0 Å². The molecule has 15 heavy (non-hydrogen) atoms. The van der Waals surface area contributed by atoms with Gasteiger partial charge in [-0.2, -0.15) is 4.98 Å². The molecule has 1 aliphatic rings. The van der Waals surface area contributed by atoms with Gasteiger partial charge in [-0.25, -0.2) is 9.78 Å². The molecule has 80 valence electrons. The highest BCUT2D eigenvalue weighted by atomic mass is 32.2. The number of nitrogen functional groups attached to an aromatic ring is 1. The van der Waals surface area contributed by atoms with Crippen molar-refractivity contribution in [2.24, 2.45) is 0 Å². The average molecular weight is 226 g/mol. The molecule has 0 saturated carbocycles. The second-order valence-electron chi connectivity index (χ2n) is 3.04. The van der Waals surface area contributed by atoms with Gasteiger partial charge in [0, 0.05) is 4.91 Å². The van der Waals surface area contributed by atoms with Crippen LogP contribution < -0.4 is 11.4 Å². The van der Waals surface area contributed by atoms with Crippen molar-refractivity contribution in [3.05, 3.63) is 27.8 Å². The number of anilines is 1. The summed E-state index contributed by atoms with van der Waals surface area (Å²) in [6.07, 6.45) is 3.97. The molecular formula is C8H10N4O2S. The minimum atomic E-state index is -0.410. The van der Waals surface area contributed by atoms with Gasteiger partial charge >= 0.3 is 5.69 Å². The fourth-order valence-corrected chi connectivity index (χ4v) is 2.40. The van der Waals surface area contributed by atoms with Crippen LogP contribution in [0.4, 0.5) is 5.95 Å². The van der Waals surface area contributed by atoms with Gasteiger partial charge in [0.2, 0.25) is 5.95 Å². The summed E-state index contributed by atoms with van der Waals surface area (Å²) < 4.78 is 1.42. The van der Waals surface area contributed by atoms with Crippen LogP contribution in [0.15, 0.2) is 22.1 Å². The Bertz CT molecular complexity index is 456. The lowest BCUT2D eigenvalue weighted by Gasteiger charge is -2.11. The molecule has 7 heteroatoms. The summed E-state index contributed by atoms with van der Waals surface area (Å²) >= 11 is 1.44. The van der Waals surface area contributed by atoms with Crippen molar-refractivity contribution >= 4 is 17.7 Å². The number of thioether (sulfide) groups is 1. The molecule has 0 amide bonds. The first-order valence-electron chi connectivity index (χ1n) is 4.38. The summed E-state index contributed by atoms with van der Waals surface area (Å²) in [6, 6.07) is 0. The highest BCUT2D eigenvalue weighted by molar-refractivity contribution is 8.03. The number of aliphatic hydroxyl groups excluding tert-OH is 1. The van der Waals surface area contributed by atoms with Gasteiger partial charge in [-0.15, -0.1) is 11.8 Å². The van der Waals surface area contributed by atoms with Crippen LogP contribution >= 0.6 is 11.8 Å². The smallest absolute Gasteiger partial charge is 0.353 e. The number of aliphatic hydroxyl groups is 1. The summed E-state index contributed by atoms with van der Waals surface area (Å²) in [5.74, 6) is -0.0189. The van der Waals surface area contributed by atoms with Crippen LogP contribution in [0.25, 0.3) is 0 Å². The van der Waals surface area contributed by atoms with Gasteiger partial charge in [-0.1, -0.05) is 6.08 Å². The largest absolute Gasteiger partial charge is 0.391 e. The van der Waals surface area contributed by atoms with E-state index in [2.05, 4.69) is 9.97 Å². The molecule has 0 radical (unpaired) electrons. The molecule has 2 rings (SSSR count). The minimum Gasteiger partial charge on any atom is -0.391 e. The minimum absolute atomic E-state index is 0.00570. The van der Waals surface area contributed by atoms with E-state index in [0.717, 1.165) is 4.91 Å². The maximum absolute atomic E-state index is 11.5. The standard InChI is InChI=1S/C8H10N4O2S/c9-7-10-4-12(8(14)11-7)6-2-1-5(3-13)15-6/h1,4,6,13H,2-3H2,(H2,9,11,14)/t6-/m1/s1. The van der Waals surface area contributed by atoms with Gasteiger partial charge in [0.05, 0.1) is 12.0 Å². The van der Waals surface area contributed by atoms with E-state index in [-0.39, 0.29) is 17.9 Å². The quantitative estimate of drug-likeness (QED) is 0.721. The van der Waals surface area contributed by atoms with Gasteiger partial charge in [-0.3, -0.25) is 4.57 Å². The SMILES string of the molecule is Nc1ncn([C@H]2CC=C(CO)S2)c(=O)n1. The summed E-state index contributed by atoms with van der Waals surface area (Å²) in [7, 11) is 0. The third kappa shape index (κ3) is 2.02. The summed E-state index contributed by atoms with van der Waals surface area (Å²) in [6.45, 7) is 0.00570. The normalized spacial score (nSPS) is 20.3. The van der Waals surface area contributed by atoms with Gasteiger partial charge in [0.15, 0.2) is 0 Å². The molecule has 1 aliphatic heterocycles. The van der Waals surface area contributed by atoms with E-state index in [0.29, 0.717) is 6.42 Å². The third-order valence-corrected chi connectivity index (χ3v) is 3.34. The first-order valence-corrected chi connectivity index (χ1v) is 5.26. The van der Waals surface area contributed by atoms with Crippen molar-refractivity contribution in [3.8, 4) is 0 Å².